The van der Waals surface area contributed by atoms with Crippen molar-refractivity contribution in [2.24, 2.45) is 4.99 Å². The molecule has 2 aromatic carbocycles. The molecule has 0 aliphatic carbocycles. The molecule has 25 heavy (non-hydrogen) atoms. The minimum absolute atomic E-state index is 0.182. The summed E-state index contributed by atoms with van der Waals surface area (Å²) in [4.78, 5) is 17.0. The third kappa shape index (κ3) is 5.23. The van der Waals surface area contributed by atoms with Crippen LogP contribution < -0.4 is 5.32 Å². The second-order valence-corrected chi connectivity index (χ2v) is 8.23. The number of carbonyl (C=O) groups excluding carboxylic acids is 1. The van der Waals surface area contributed by atoms with Crippen molar-refractivity contribution in [3.63, 3.8) is 0 Å². The molecule has 0 spiro atoms. The second kappa shape index (κ2) is 8.73. The van der Waals surface area contributed by atoms with Gasteiger partial charge in [-0.25, -0.2) is 4.99 Å². The topological polar surface area (TPSA) is 41.5 Å². The maximum atomic E-state index is 12.6. The molecular formula is C17H14F2N2OS3. The molecule has 1 N–H and O–H groups in total. The van der Waals surface area contributed by atoms with Crippen LogP contribution in [0.5, 0.6) is 0 Å². The molecule has 130 valence electrons. The summed E-state index contributed by atoms with van der Waals surface area (Å²) in [6.45, 7) is 0. The van der Waals surface area contributed by atoms with Gasteiger partial charge in [-0.1, -0.05) is 65.6 Å². The largest absolute Gasteiger partial charge is 0.324 e. The number of nitrogens with one attached hydrogen (secondary N) is 1. The Balaban J connectivity index is 1.58. The van der Waals surface area contributed by atoms with Gasteiger partial charge in [0.25, 0.3) is 5.76 Å². The van der Waals surface area contributed by atoms with Crippen molar-refractivity contribution >= 4 is 56.9 Å². The first-order valence-electron chi connectivity index (χ1n) is 7.38. The molecule has 0 aromatic heterocycles. The molecule has 0 fully saturated rings. The van der Waals surface area contributed by atoms with E-state index >= 15 is 0 Å². The van der Waals surface area contributed by atoms with Crippen molar-refractivity contribution in [2.75, 3.05) is 11.1 Å². The number of thioether (sulfide) groups is 3. The Bertz CT molecular complexity index is 799. The van der Waals surface area contributed by atoms with Crippen LogP contribution in [0, 0.1) is 0 Å². The van der Waals surface area contributed by atoms with E-state index in [2.05, 4.69) is 10.3 Å². The van der Waals surface area contributed by atoms with Crippen molar-refractivity contribution in [1.82, 2.24) is 0 Å². The predicted molar refractivity (Wildman–Crippen MR) is 104 cm³/mol. The number of alkyl halides is 2. The molecule has 0 radical (unpaired) electrons. The molecule has 1 aliphatic heterocycles. The fraction of sp³-hybridized carbons (Fsp3) is 0.176. The fourth-order valence-corrected chi connectivity index (χ4v) is 4.63. The van der Waals surface area contributed by atoms with E-state index in [1.165, 1.54) is 17.3 Å². The van der Waals surface area contributed by atoms with E-state index in [9.17, 15) is 13.6 Å². The van der Waals surface area contributed by atoms with Crippen LogP contribution in [0.3, 0.4) is 0 Å². The number of hydrogen-bond acceptors (Lipinski definition) is 5. The first kappa shape index (κ1) is 18.3. The Kier molecular flexibility index (Phi) is 6.39. The second-order valence-electron chi connectivity index (χ2n) is 5.01. The van der Waals surface area contributed by atoms with E-state index in [0.29, 0.717) is 22.3 Å². The minimum Gasteiger partial charge on any atom is -0.324 e. The third-order valence-corrected chi connectivity index (χ3v) is 6.29. The van der Waals surface area contributed by atoms with Crippen LogP contribution in [0.4, 0.5) is 20.2 Å². The Morgan fingerprint density at radius 1 is 1.20 bits per heavy atom. The summed E-state index contributed by atoms with van der Waals surface area (Å²) < 4.78 is 26.0. The van der Waals surface area contributed by atoms with Crippen molar-refractivity contribution in [2.45, 2.75) is 16.4 Å². The van der Waals surface area contributed by atoms with Gasteiger partial charge < -0.3 is 5.32 Å². The lowest BCUT2D eigenvalue weighted by atomic mass is 10.2. The lowest BCUT2D eigenvalue weighted by Crippen LogP contribution is -2.15. The highest BCUT2D eigenvalue weighted by atomic mass is 32.2. The SMILES string of the molecule is O=C(CSC1=Nc2ccccc2CS1)Nc1ccccc1SC(F)F. The number of aliphatic imine (C=N–C) groups is 1. The van der Waals surface area contributed by atoms with E-state index < -0.39 is 5.76 Å². The standard InChI is InChI=1S/C17H14F2N2OS3/c18-16(19)25-14-8-4-3-7-13(14)20-15(22)10-24-17-21-12-6-2-1-5-11(12)9-23-17/h1-8,16H,9-10H2,(H,20,22). The van der Waals surface area contributed by atoms with Gasteiger partial charge in [0, 0.05) is 10.6 Å². The third-order valence-electron chi connectivity index (χ3n) is 3.26. The number of para-hydroxylation sites is 2. The lowest BCUT2D eigenvalue weighted by Gasteiger charge is -2.14. The zero-order valence-electron chi connectivity index (χ0n) is 12.9. The summed E-state index contributed by atoms with van der Waals surface area (Å²) in [5.74, 6) is -1.76. The van der Waals surface area contributed by atoms with Crippen molar-refractivity contribution in [3.05, 3.63) is 54.1 Å². The molecule has 1 aliphatic rings. The summed E-state index contributed by atoms with van der Waals surface area (Å²) in [5, 5.41) is 2.70. The summed E-state index contributed by atoms with van der Waals surface area (Å²) in [6, 6.07) is 14.5. The average molecular weight is 397 g/mol. The highest BCUT2D eigenvalue weighted by Gasteiger charge is 2.15. The van der Waals surface area contributed by atoms with Crippen LogP contribution in [0.15, 0.2) is 58.4 Å². The molecule has 0 saturated carbocycles. The number of anilines is 1. The van der Waals surface area contributed by atoms with Crippen molar-refractivity contribution in [3.8, 4) is 0 Å². The first-order chi connectivity index (χ1) is 12.1. The zero-order chi connectivity index (χ0) is 17.6. The van der Waals surface area contributed by atoms with Gasteiger partial charge in [-0.05, 0) is 23.8 Å². The van der Waals surface area contributed by atoms with Crippen LogP contribution in [-0.2, 0) is 10.5 Å². The highest BCUT2D eigenvalue weighted by Crippen LogP contribution is 2.35. The summed E-state index contributed by atoms with van der Waals surface area (Å²) in [7, 11) is 0. The molecule has 1 amide bonds. The Labute approximate surface area is 157 Å². The normalized spacial score (nSPS) is 13.3. The first-order valence-corrected chi connectivity index (χ1v) is 10.2. The number of nitrogens with zero attached hydrogens (tertiary/aromatic N) is 1. The van der Waals surface area contributed by atoms with Gasteiger partial charge in [-0.3, -0.25) is 4.79 Å². The average Bonchev–Trinajstić information content (AvgIpc) is 2.61. The molecule has 0 atom stereocenters. The van der Waals surface area contributed by atoms with E-state index in [1.807, 2.05) is 24.3 Å². The summed E-state index contributed by atoms with van der Waals surface area (Å²) in [5.41, 5.74) is 2.52. The van der Waals surface area contributed by atoms with Crippen LogP contribution in [0.2, 0.25) is 0 Å². The Morgan fingerprint density at radius 3 is 2.80 bits per heavy atom. The van der Waals surface area contributed by atoms with E-state index in [1.54, 1.807) is 36.0 Å². The Hall–Kier alpha value is -1.51. The van der Waals surface area contributed by atoms with E-state index in [0.717, 1.165) is 15.8 Å². The molecule has 0 bridgehead atoms. The van der Waals surface area contributed by atoms with Crippen LogP contribution in [0.25, 0.3) is 0 Å². The number of carbonyl (C=O) groups is 1. The van der Waals surface area contributed by atoms with Gasteiger partial charge in [-0.15, -0.1) is 0 Å². The van der Waals surface area contributed by atoms with Gasteiger partial charge in [-0.2, -0.15) is 8.78 Å². The number of rotatable bonds is 5. The molecule has 3 nitrogen and oxygen atoms in total. The van der Waals surface area contributed by atoms with Gasteiger partial charge >= 0.3 is 0 Å². The van der Waals surface area contributed by atoms with E-state index in [-0.39, 0.29) is 11.7 Å². The van der Waals surface area contributed by atoms with Crippen LogP contribution in [-0.4, -0.2) is 21.8 Å². The number of amides is 1. The van der Waals surface area contributed by atoms with Gasteiger partial charge in [0.05, 0.1) is 17.1 Å². The van der Waals surface area contributed by atoms with Gasteiger partial charge in [0.1, 0.15) is 4.38 Å². The fourth-order valence-electron chi connectivity index (χ4n) is 2.17. The minimum atomic E-state index is -2.53. The molecule has 0 saturated heterocycles. The molecule has 3 rings (SSSR count). The highest BCUT2D eigenvalue weighted by molar-refractivity contribution is 8.38. The molecular weight excluding hydrogens is 382 g/mol. The predicted octanol–water partition coefficient (Wildman–Crippen LogP) is 5.61. The number of fused-ring (bicyclic) bond motifs is 1. The van der Waals surface area contributed by atoms with Crippen molar-refractivity contribution in [1.29, 1.82) is 0 Å². The molecule has 0 unspecified atom stereocenters. The quantitative estimate of drug-likeness (QED) is 0.667. The van der Waals surface area contributed by atoms with Crippen molar-refractivity contribution < 1.29 is 13.6 Å². The lowest BCUT2D eigenvalue weighted by molar-refractivity contribution is -0.113. The molecule has 8 heteroatoms. The van der Waals surface area contributed by atoms with Crippen LogP contribution in [0.1, 0.15) is 5.56 Å². The van der Waals surface area contributed by atoms with Crippen LogP contribution >= 0.6 is 35.3 Å². The number of hydrogen-bond donors (Lipinski definition) is 1. The number of benzene rings is 2. The summed E-state index contributed by atoms with van der Waals surface area (Å²) in [6.07, 6.45) is 0. The maximum Gasteiger partial charge on any atom is 0.288 e. The van der Waals surface area contributed by atoms with Gasteiger partial charge in [0.2, 0.25) is 5.91 Å². The van der Waals surface area contributed by atoms with E-state index in [4.69, 9.17) is 0 Å². The summed E-state index contributed by atoms with van der Waals surface area (Å²) >= 11 is 3.37. The number of halogens is 2. The Morgan fingerprint density at radius 2 is 1.96 bits per heavy atom. The zero-order valence-corrected chi connectivity index (χ0v) is 15.4. The molecule has 2 aromatic rings. The smallest absolute Gasteiger partial charge is 0.288 e. The van der Waals surface area contributed by atoms with Gasteiger partial charge in [0.15, 0.2) is 0 Å². The molecule has 1 heterocycles. The maximum absolute atomic E-state index is 12.6. The monoisotopic (exact) mass is 396 g/mol.